The molecule has 0 amide bonds. The molecule has 0 aliphatic rings. The van der Waals surface area contributed by atoms with Gasteiger partial charge in [0.25, 0.3) is 0 Å². The van der Waals surface area contributed by atoms with Crippen LogP contribution in [0.1, 0.15) is 37.2 Å². The Morgan fingerprint density at radius 1 is 0.875 bits per heavy atom. The highest BCUT2D eigenvalue weighted by molar-refractivity contribution is 14.1. The van der Waals surface area contributed by atoms with E-state index in [4.69, 9.17) is 41.6 Å². The van der Waals surface area contributed by atoms with Gasteiger partial charge in [0.2, 0.25) is 17.3 Å². The largest absolute Gasteiger partial charge is 0.457 e. The van der Waals surface area contributed by atoms with Crippen LogP contribution in [0.2, 0.25) is 10.2 Å². The smallest absolute Gasteiger partial charge is 0.398 e. The lowest BCUT2D eigenvalue weighted by Gasteiger charge is -2.11. The number of rotatable bonds is 6. The van der Waals surface area contributed by atoms with Crippen LogP contribution in [0.25, 0.3) is 0 Å². The molecule has 0 bridgehead atoms. The summed E-state index contributed by atoms with van der Waals surface area (Å²) >= 11 is 14.2. The fraction of sp³-hybridized carbons (Fsp3) is 0. The lowest BCUT2D eigenvalue weighted by atomic mass is 10.1. The van der Waals surface area contributed by atoms with E-state index in [0.717, 1.165) is 4.73 Å². The van der Waals surface area contributed by atoms with Gasteiger partial charge in [-0.3, -0.25) is 4.79 Å². The Kier molecular flexibility index (Phi) is 6.40. The Morgan fingerprint density at radius 3 is 2.12 bits per heavy atom. The van der Waals surface area contributed by atoms with Crippen LogP contribution in [0.4, 0.5) is 0 Å². The summed E-state index contributed by atoms with van der Waals surface area (Å²) < 4.78 is 16.4. The second-order valence-corrected chi connectivity index (χ2v) is 7.92. The van der Waals surface area contributed by atoms with Crippen molar-refractivity contribution < 1.29 is 32.8 Å². The number of hydrogen-bond donors (Lipinski definition) is 0. The van der Waals surface area contributed by atoms with Gasteiger partial charge in [0.15, 0.2) is 5.15 Å². The number of nitrogens with zero attached hydrogens (tertiary/aromatic N) is 1. The fourth-order valence-corrected chi connectivity index (χ4v) is 3.95. The van der Waals surface area contributed by atoms with Crippen molar-refractivity contribution in [1.82, 2.24) is 4.73 Å². The molecule has 0 saturated heterocycles. The third-order valence-electron chi connectivity index (χ3n) is 4.13. The minimum atomic E-state index is -0.897. The molecule has 162 valence electrons. The standard InChI is InChI=1S/C21H10Cl2INO7/c22-15-16(24)17(25(19(15)23)32-21(28)14-8-4-10-30-14)18(26)11-5-1-2-6-12(11)31-20(27)13-7-3-9-29-13/h1-10H. The summed E-state index contributed by atoms with van der Waals surface area (Å²) in [7, 11) is 0. The van der Waals surface area contributed by atoms with Crippen molar-refractivity contribution in [2.45, 2.75) is 0 Å². The first-order chi connectivity index (χ1) is 15.4. The van der Waals surface area contributed by atoms with Gasteiger partial charge in [-0.25, -0.2) is 9.59 Å². The molecule has 4 aromatic rings. The van der Waals surface area contributed by atoms with E-state index < -0.39 is 17.7 Å². The molecule has 1 aromatic carbocycles. The number of carbonyl (C=O) groups is 3. The van der Waals surface area contributed by atoms with Gasteiger partial charge in [-0.2, -0.15) is 4.73 Å². The van der Waals surface area contributed by atoms with E-state index in [2.05, 4.69) is 0 Å². The van der Waals surface area contributed by atoms with E-state index in [0.29, 0.717) is 0 Å². The van der Waals surface area contributed by atoms with E-state index >= 15 is 0 Å². The average Bonchev–Trinajstić information content (AvgIpc) is 3.54. The van der Waals surface area contributed by atoms with Crippen molar-refractivity contribution in [3.63, 3.8) is 0 Å². The van der Waals surface area contributed by atoms with Gasteiger partial charge < -0.3 is 18.4 Å². The fourth-order valence-electron chi connectivity index (χ4n) is 2.69. The van der Waals surface area contributed by atoms with Gasteiger partial charge in [0, 0.05) is 0 Å². The molecule has 4 rings (SSSR count). The van der Waals surface area contributed by atoms with Crippen molar-refractivity contribution in [2.24, 2.45) is 0 Å². The summed E-state index contributed by atoms with van der Waals surface area (Å²) in [6.07, 6.45) is 2.61. The molecule has 0 atom stereocenters. The highest BCUT2D eigenvalue weighted by Gasteiger charge is 2.30. The second kappa shape index (κ2) is 9.23. The first-order valence-electron chi connectivity index (χ1n) is 8.79. The molecular formula is C21H10Cl2INO7. The SMILES string of the molecule is O=C(Oc1ccccc1C(=O)c1c(I)c(Cl)c(Cl)n1OC(=O)c1ccco1)c1ccco1. The molecule has 11 heteroatoms. The molecular weight excluding hydrogens is 576 g/mol. The third-order valence-corrected chi connectivity index (χ3v) is 6.31. The highest BCUT2D eigenvalue weighted by Crippen LogP contribution is 2.35. The second-order valence-electron chi connectivity index (χ2n) is 6.11. The maximum absolute atomic E-state index is 13.4. The summed E-state index contributed by atoms with van der Waals surface area (Å²) in [5.41, 5.74) is -0.131. The average molecular weight is 586 g/mol. The molecule has 0 aliphatic carbocycles. The third kappa shape index (κ3) is 4.18. The van der Waals surface area contributed by atoms with Gasteiger partial charge >= 0.3 is 11.9 Å². The molecule has 0 N–H and O–H groups in total. The molecule has 0 saturated carbocycles. The van der Waals surface area contributed by atoms with Crippen LogP contribution < -0.4 is 9.57 Å². The topological polar surface area (TPSA) is 101 Å². The monoisotopic (exact) mass is 585 g/mol. The van der Waals surface area contributed by atoms with Crippen LogP contribution in [0.3, 0.4) is 0 Å². The van der Waals surface area contributed by atoms with Crippen LogP contribution in [0.15, 0.2) is 69.9 Å². The normalized spacial score (nSPS) is 10.7. The quantitative estimate of drug-likeness (QED) is 0.131. The van der Waals surface area contributed by atoms with Gasteiger partial charge in [0.05, 0.1) is 26.7 Å². The number of benzene rings is 1. The van der Waals surface area contributed by atoms with Crippen molar-refractivity contribution in [3.8, 4) is 5.75 Å². The van der Waals surface area contributed by atoms with Gasteiger partial charge in [0.1, 0.15) is 11.4 Å². The predicted octanol–water partition coefficient (Wildman–Crippen LogP) is 5.30. The summed E-state index contributed by atoms with van der Waals surface area (Å²) in [6.45, 7) is 0. The van der Waals surface area contributed by atoms with Crippen molar-refractivity contribution in [3.05, 3.63) is 97.6 Å². The van der Waals surface area contributed by atoms with E-state index in [1.54, 1.807) is 34.7 Å². The minimum Gasteiger partial charge on any atom is -0.457 e. The zero-order valence-electron chi connectivity index (χ0n) is 15.7. The van der Waals surface area contributed by atoms with Crippen LogP contribution in [0, 0.1) is 3.57 Å². The van der Waals surface area contributed by atoms with E-state index in [1.807, 2.05) is 0 Å². The Labute approximate surface area is 203 Å². The Bertz CT molecular complexity index is 1310. The molecule has 32 heavy (non-hydrogen) atoms. The number of para-hydroxylation sites is 1. The molecule has 0 radical (unpaired) electrons. The number of carbonyl (C=O) groups excluding carboxylic acids is 3. The zero-order chi connectivity index (χ0) is 22.8. The van der Waals surface area contributed by atoms with Crippen LogP contribution in [0.5, 0.6) is 5.75 Å². The molecule has 3 aromatic heterocycles. The first-order valence-corrected chi connectivity index (χ1v) is 10.6. The van der Waals surface area contributed by atoms with Gasteiger partial charge in [-0.05, 0) is 59.0 Å². The number of ketones is 1. The van der Waals surface area contributed by atoms with Crippen molar-refractivity contribution >= 4 is 63.5 Å². The van der Waals surface area contributed by atoms with Crippen molar-refractivity contribution in [2.75, 3.05) is 0 Å². The lowest BCUT2D eigenvalue weighted by Crippen LogP contribution is -2.24. The van der Waals surface area contributed by atoms with Gasteiger partial charge in [-0.15, -0.1) is 0 Å². The molecule has 3 heterocycles. The summed E-state index contributed by atoms with van der Waals surface area (Å²) in [6, 6.07) is 11.9. The molecule has 8 nitrogen and oxygen atoms in total. The summed E-state index contributed by atoms with van der Waals surface area (Å²) in [4.78, 5) is 43.4. The summed E-state index contributed by atoms with van der Waals surface area (Å²) in [5, 5.41) is -0.183. The first kappa shape index (κ1) is 22.2. The van der Waals surface area contributed by atoms with Gasteiger partial charge in [-0.1, -0.05) is 35.3 Å². The molecule has 0 unspecified atom stereocenters. The number of furan rings is 2. The predicted molar refractivity (Wildman–Crippen MR) is 120 cm³/mol. The Morgan fingerprint density at radius 2 is 1.50 bits per heavy atom. The molecule has 0 aliphatic heterocycles. The van der Waals surface area contributed by atoms with E-state index in [-0.39, 0.29) is 42.3 Å². The van der Waals surface area contributed by atoms with Crippen LogP contribution in [-0.2, 0) is 0 Å². The molecule has 0 spiro atoms. The Hall–Kier alpha value is -3.02. The molecule has 0 fully saturated rings. The summed E-state index contributed by atoms with van der Waals surface area (Å²) in [5.74, 6) is -2.52. The maximum Gasteiger partial charge on any atom is 0.398 e. The maximum atomic E-state index is 13.4. The van der Waals surface area contributed by atoms with Crippen molar-refractivity contribution in [1.29, 1.82) is 0 Å². The number of hydrogen-bond acceptors (Lipinski definition) is 7. The number of halogens is 3. The van der Waals surface area contributed by atoms with E-state index in [9.17, 15) is 14.4 Å². The Balaban J connectivity index is 1.72. The zero-order valence-corrected chi connectivity index (χ0v) is 19.4. The lowest BCUT2D eigenvalue weighted by molar-refractivity contribution is 0.0415. The van der Waals surface area contributed by atoms with Crippen LogP contribution >= 0.6 is 45.8 Å². The number of aromatic nitrogens is 1. The van der Waals surface area contributed by atoms with Crippen LogP contribution in [-0.4, -0.2) is 22.5 Å². The van der Waals surface area contributed by atoms with E-state index in [1.165, 1.54) is 48.9 Å². The number of ether oxygens (including phenoxy) is 1. The number of esters is 1. The highest BCUT2D eigenvalue weighted by atomic mass is 127. The minimum absolute atomic E-state index is 0.00598.